The number of hydrogen-bond acceptors (Lipinski definition) is 4. The first-order valence-corrected chi connectivity index (χ1v) is 8.36. The molecule has 3 aromatic rings. The first kappa shape index (κ1) is 16.1. The second-order valence-electron chi connectivity index (χ2n) is 6.06. The lowest BCUT2D eigenvalue weighted by Crippen LogP contribution is -2.20. The van der Waals surface area contributed by atoms with Crippen LogP contribution in [0, 0.1) is 0 Å². The Hall–Kier alpha value is -3.34. The van der Waals surface area contributed by atoms with E-state index < -0.39 is 12.2 Å². The highest BCUT2D eigenvalue weighted by atomic mass is 16.6. The topological polar surface area (TPSA) is 60.5 Å². The number of benzene rings is 2. The second-order valence-corrected chi connectivity index (χ2v) is 6.06. The lowest BCUT2D eigenvalue weighted by atomic mass is 9.95. The van der Waals surface area contributed by atoms with E-state index in [1.165, 1.54) is 0 Å². The van der Waals surface area contributed by atoms with Crippen molar-refractivity contribution >= 4 is 6.09 Å². The summed E-state index contributed by atoms with van der Waals surface area (Å²) in [6.45, 7) is 0. The standard InChI is InChI=1S/C21H18N2O3/c1-25-18-10-6-5-9-17(18)20-19(23-21(24)26-20)16-11-15(12-22-13-16)14-7-3-2-4-8-14/h2-13,19-20H,1H3,(H,23,24)/t19-,20-/m0/s1. The minimum Gasteiger partial charge on any atom is -0.496 e. The number of nitrogens with one attached hydrogen (secondary N) is 1. The molecular formula is C21H18N2O3. The number of nitrogens with zero attached hydrogens (tertiary/aromatic N) is 1. The van der Waals surface area contributed by atoms with Gasteiger partial charge in [-0.05, 0) is 23.3 Å². The Morgan fingerprint density at radius 2 is 1.77 bits per heavy atom. The Kier molecular flexibility index (Phi) is 4.27. The number of amides is 1. The average molecular weight is 346 g/mol. The van der Waals surface area contributed by atoms with Crippen LogP contribution in [0.4, 0.5) is 4.79 Å². The molecule has 2 atom stereocenters. The zero-order valence-corrected chi connectivity index (χ0v) is 14.3. The van der Waals surface area contributed by atoms with E-state index in [0.29, 0.717) is 5.75 Å². The van der Waals surface area contributed by atoms with Gasteiger partial charge in [0.2, 0.25) is 0 Å². The number of pyridine rings is 1. The summed E-state index contributed by atoms with van der Waals surface area (Å²) >= 11 is 0. The summed E-state index contributed by atoms with van der Waals surface area (Å²) in [6, 6.07) is 19.3. The maximum absolute atomic E-state index is 12.0. The molecule has 0 aliphatic carbocycles. The van der Waals surface area contributed by atoms with Gasteiger partial charge in [0.25, 0.3) is 0 Å². The molecule has 0 bridgehead atoms. The van der Waals surface area contributed by atoms with Crippen molar-refractivity contribution in [3.8, 4) is 16.9 Å². The average Bonchev–Trinajstić information content (AvgIpc) is 3.10. The van der Waals surface area contributed by atoms with E-state index >= 15 is 0 Å². The Morgan fingerprint density at radius 3 is 2.58 bits per heavy atom. The predicted octanol–water partition coefficient (Wildman–Crippen LogP) is 4.28. The van der Waals surface area contributed by atoms with Crippen molar-refractivity contribution < 1.29 is 14.3 Å². The summed E-state index contributed by atoms with van der Waals surface area (Å²) in [5, 5.41) is 2.89. The molecule has 1 saturated heterocycles. The minimum absolute atomic E-state index is 0.338. The number of aromatic nitrogens is 1. The highest BCUT2D eigenvalue weighted by Gasteiger charge is 2.38. The summed E-state index contributed by atoms with van der Waals surface area (Å²) in [4.78, 5) is 16.3. The van der Waals surface area contributed by atoms with Gasteiger partial charge in [-0.25, -0.2) is 4.79 Å². The smallest absolute Gasteiger partial charge is 0.408 e. The molecule has 0 spiro atoms. The van der Waals surface area contributed by atoms with Gasteiger partial charge in [-0.2, -0.15) is 0 Å². The van der Waals surface area contributed by atoms with Crippen LogP contribution in [0.2, 0.25) is 0 Å². The van der Waals surface area contributed by atoms with Crippen LogP contribution in [-0.4, -0.2) is 18.2 Å². The third kappa shape index (κ3) is 2.99. The van der Waals surface area contributed by atoms with E-state index in [2.05, 4.69) is 10.3 Å². The van der Waals surface area contributed by atoms with Crippen LogP contribution in [0.1, 0.15) is 23.3 Å². The molecular weight excluding hydrogens is 328 g/mol. The molecule has 1 aromatic heterocycles. The highest BCUT2D eigenvalue weighted by molar-refractivity contribution is 5.72. The lowest BCUT2D eigenvalue weighted by molar-refractivity contribution is 0.130. The fourth-order valence-corrected chi connectivity index (χ4v) is 3.24. The van der Waals surface area contributed by atoms with Crippen molar-refractivity contribution in [1.29, 1.82) is 0 Å². The van der Waals surface area contributed by atoms with Crippen LogP contribution in [0.3, 0.4) is 0 Å². The number of ether oxygens (including phenoxy) is 2. The largest absolute Gasteiger partial charge is 0.496 e. The van der Waals surface area contributed by atoms with Crippen LogP contribution in [0.25, 0.3) is 11.1 Å². The third-order valence-corrected chi connectivity index (χ3v) is 4.48. The highest BCUT2D eigenvalue weighted by Crippen LogP contribution is 2.40. The van der Waals surface area contributed by atoms with E-state index in [9.17, 15) is 4.79 Å². The van der Waals surface area contributed by atoms with Gasteiger partial charge >= 0.3 is 6.09 Å². The first-order valence-electron chi connectivity index (χ1n) is 8.36. The molecule has 4 rings (SSSR count). The number of alkyl carbamates (subject to hydrolysis) is 1. The zero-order chi connectivity index (χ0) is 17.9. The summed E-state index contributed by atoms with van der Waals surface area (Å²) in [7, 11) is 1.61. The fraction of sp³-hybridized carbons (Fsp3) is 0.143. The van der Waals surface area contributed by atoms with Crippen LogP contribution < -0.4 is 10.1 Å². The molecule has 2 aromatic carbocycles. The van der Waals surface area contributed by atoms with Gasteiger partial charge in [-0.15, -0.1) is 0 Å². The molecule has 0 saturated carbocycles. The molecule has 26 heavy (non-hydrogen) atoms. The Morgan fingerprint density at radius 1 is 1.00 bits per heavy atom. The van der Waals surface area contributed by atoms with Crippen molar-refractivity contribution in [2.24, 2.45) is 0 Å². The van der Waals surface area contributed by atoms with E-state index in [1.54, 1.807) is 13.3 Å². The van der Waals surface area contributed by atoms with E-state index in [0.717, 1.165) is 22.3 Å². The van der Waals surface area contributed by atoms with E-state index in [1.807, 2.05) is 66.9 Å². The maximum atomic E-state index is 12.0. The molecule has 2 heterocycles. The number of para-hydroxylation sites is 1. The molecule has 5 nitrogen and oxygen atoms in total. The van der Waals surface area contributed by atoms with Crippen molar-refractivity contribution in [3.63, 3.8) is 0 Å². The number of rotatable bonds is 4. The molecule has 130 valence electrons. The number of cyclic esters (lactones) is 1. The Balaban J connectivity index is 1.73. The lowest BCUT2D eigenvalue weighted by Gasteiger charge is -2.20. The van der Waals surface area contributed by atoms with Crippen LogP contribution in [0.15, 0.2) is 73.1 Å². The summed E-state index contributed by atoms with van der Waals surface area (Å²) in [5.41, 5.74) is 3.76. The maximum Gasteiger partial charge on any atom is 0.408 e. The Bertz CT molecular complexity index is 927. The van der Waals surface area contributed by atoms with Crippen molar-refractivity contribution in [1.82, 2.24) is 10.3 Å². The molecule has 0 unspecified atom stereocenters. The quantitative estimate of drug-likeness (QED) is 0.766. The van der Waals surface area contributed by atoms with Crippen molar-refractivity contribution in [3.05, 3.63) is 84.2 Å². The monoisotopic (exact) mass is 346 g/mol. The molecule has 1 amide bonds. The number of hydrogen-bond donors (Lipinski definition) is 1. The van der Waals surface area contributed by atoms with Crippen LogP contribution in [0.5, 0.6) is 5.75 Å². The van der Waals surface area contributed by atoms with Crippen molar-refractivity contribution in [2.75, 3.05) is 7.11 Å². The molecule has 0 radical (unpaired) electrons. The summed E-state index contributed by atoms with van der Waals surface area (Å²) in [6.07, 6.45) is 2.64. The second kappa shape index (κ2) is 6.88. The predicted molar refractivity (Wildman–Crippen MR) is 97.8 cm³/mol. The number of methoxy groups -OCH3 is 1. The minimum atomic E-state index is -0.480. The van der Waals surface area contributed by atoms with Gasteiger partial charge in [-0.3, -0.25) is 4.98 Å². The first-order chi connectivity index (χ1) is 12.8. The molecule has 1 aliphatic heterocycles. The molecule has 1 aliphatic rings. The number of carbonyl (C=O) groups excluding carboxylic acids is 1. The Labute approximate surface area is 151 Å². The van der Waals surface area contributed by atoms with Gasteiger partial charge in [0.1, 0.15) is 11.8 Å². The van der Waals surface area contributed by atoms with Crippen LogP contribution >= 0.6 is 0 Å². The number of carbonyl (C=O) groups is 1. The SMILES string of the molecule is COc1ccccc1[C@@H]1OC(=O)N[C@H]1c1cncc(-c2ccccc2)c1. The van der Waals surface area contributed by atoms with Gasteiger partial charge in [-0.1, -0.05) is 48.5 Å². The third-order valence-electron chi connectivity index (χ3n) is 4.48. The normalized spacial score (nSPS) is 18.9. The van der Waals surface area contributed by atoms with Gasteiger partial charge in [0, 0.05) is 23.5 Å². The molecule has 1 N–H and O–H groups in total. The van der Waals surface area contributed by atoms with Gasteiger partial charge in [0.05, 0.1) is 7.11 Å². The summed E-state index contributed by atoms with van der Waals surface area (Å²) in [5.74, 6) is 0.686. The van der Waals surface area contributed by atoms with Crippen molar-refractivity contribution in [2.45, 2.75) is 12.1 Å². The van der Waals surface area contributed by atoms with Gasteiger partial charge < -0.3 is 14.8 Å². The van der Waals surface area contributed by atoms with E-state index in [4.69, 9.17) is 9.47 Å². The van der Waals surface area contributed by atoms with Crippen LogP contribution in [-0.2, 0) is 4.74 Å². The van der Waals surface area contributed by atoms with E-state index in [-0.39, 0.29) is 6.04 Å². The fourth-order valence-electron chi connectivity index (χ4n) is 3.24. The molecule has 5 heteroatoms. The molecule has 1 fully saturated rings. The summed E-state index contributed by atoms with van der Waals surface area (Å²) < 4.78 is 11.0. The zero-order valence-electron chi connectivity index (χ0n) is 14.3. The van der Waals surface area contributed by atoms with Gasteiger partial charge in [0.15, 0.2) is 6.10 Å².